The van der Waals surface area contributed by atoms with E-state index >= 15 is 0 Å². The smallest absolute Gasteiger partial charge is 0.229 e. The van der Waals surface area contributed by atoms with Crippen LogP contribution in [0.2, 0.25) is 0 Å². The number of carbonyl (C=O) groups is 1. The Morgan fingerprint density at radius 3 is 2.67 bits per heavy atom. The molecule has 1 aromatic carbocycles. The van der Waals surface area contributed by atoms with Crippen molar-refractivity contribution in [3.8, 4) is 0 Å². The SMILES string of the molecule is COC(CN)CC(=O)N(C)c1cccc(C)c1.Cl. The molecule has 0 fully saturated rings. The van der Waals surface area contributed by atoms with Gasteiger partial charge in [0.15, 0.2) is 0 Å². The number of carbonyl (C=O) groups excluding carboxylic acids is 1. The third-order valence-electron chi connectivity index (χ3n) is 2.76. The Morgan fingerprint density at radius 2 is 2.17 bits per heavy atom. The van der Waals surface area contributed by atoms with E-state index in [1.807, 2.05) is 31.2 Å². The summed E-state index contributed by atoms with van der Waals surface area (Å²) in [7, 11) is 3.33. The zero-order valence-corrected chi connectivity index (χ0v) is 11.9. The van der Waals surface area contributed by atoms with Crippen molar-refractivity contribution in [2.24, 2.45) is 5.73 Å². The van der Waals surface area contributed by atoms with Gasteiger partial charge in [0.2, 0.25) is 5.91 Å². The molecule has 0 heterocycles. The number of hydrogen-bond donors (Lipinski definition) is 1. The molecule has 0 aromatic heterocycles. The fourth-order valence-corrected chi connectivity index (χ4v) is 1.58. The minimum Gasteiger partial charge on any atom is -0.380 e. The second-order valence-electron chi connectivity index (χ2n) is 4.09. The van der Waals surface area contributed by atoms with Gasteiger partial charge in [-0.15, -0.1) is 12.4 Å². The molecule has 0 radical (unpaired) electrons. The van der Waals surface area contributed by atoms with E-state index in [1.165, 1.54) is 0 Å². The molecule has 0 aliphatic carbocycles. The molecule has 5 heteroatoms. The number of methoxy groups -OCH3 is 1. The molecule has 102 valence electrons. The van der Waals surface area contributed by atoms with Crippen LogP contribution in [0, 0.1) is 6.92 Å². The Hall–Kier alpha value is -1.10. The van der Waals surface area contributed by atoms with Gasteiger partial charge in [0, 0.05) is 26.4 Å². The second kappa shape index (κ2) is 8.08. The summed E-state index contributed by atoms with van der Waals surface area (Å²) >= 11 is 0. The number of anilines is 1. The van der Waals surface area contributed by atoms with Gasteiger partial charge in [0.25, 0.3) is 0 Å². The summed E-state index contributed by atoms with van der Waals surface area (Å²) in [6.07, 6.45) is 0.0898. The zero-order valence-electron chi connectivity index (χ0n) is 11.1. The van der Waals surface area contributed by atoms with Crippen molar-refractivity contribution in [2.45, 2.75) is 19.4 Å². The number of amides is 1. The number of halogens is 1. The molecule has 0 aliphatic rings. The maximum atomic E-state index is 12.0. The summed E-state index contributed by atoms with van der Waals surface area (Å²) in [5.74, 6) is 0.00731. The van der Waals surface area contributed by atoms with Crippen LogP contribution < -0.4 is 10.6 Å². The van der Waals surface area contributed by atoms with Crippen LogP contribution in [0.1, 0.15) is 12.0 Å². The summed E-state index contributed by atoms with van der Waals surface area (Å²) < 4.78 is 5.11. The maximum absolute atomic E-state index is 12.0. The number of nitrogens with two attached hydrogens (primary N) is 1. The number of aryl methyl sites for hydroxylation is 1. The van der Waals surface area contributed by atoms with Gasteiger partial charge in [-0.05, 0) is 24.6 Å². The molecule has 0 bridgehead atoms. The molecular formula is C13H21ClN2O2. The molecule has 0 saturated carbocycles. The lowest BCUT2D eigenvalue weighted by Crippen LogP contribution is -2.33. The van der Waals surface area contributed by atoms with Crippen LogP contribution >= 0.6 is 12.4 Å². The monoisotopic (exact) mass is 272 g/mol. The van der Waals surface area contributed by atoms with Crippen molar-refractivity contribution in [3.05, 3.63) is 29.8 Å². The number of benzene rings is 1. The van der Waals surface area contributed by atoms with Crippen LogP contribution in [0.3, 0.4) is 0 Å². The third-order valence-corrected chi connectivity index (χ3v) is 2.76. The summed E-state index contributed by atoms with van der Waals surface area (Å²) in [6.45, 7) is 2.35. The summed E-state index contributed by atoms with van der Waals surface area (Å²) in [6, 6.07) is 7.82. The van der Waals surface area contributed by atoms with Gasteiger partial charge in [-0.2, -0.15) is 0 Å². The van der Waals surface area contributed by atoms with Crippen LogP contribution in [-0.2, 0) is 9.53 Å². The van der Waals surface area contributed by atoms with Gasteiger partial charge in [0.05, 0.1) is 12.5 Å². The van der Waals surface area contributed by atoms with E-state index < -0.39 is 0 Å². The van der Waals surface area contributed by atoms with Crippen molar-refractivity contribution in [1.29, 1.82) is 0 Å². The molecule has 1 atom stereocenters. The molecular weight excluding hydrogens is 252 g/mol. The summed E-state index contributed by atoms with van der Waals surface area (Å²) in [5.41, 5.74) is 7.52. The molecule has 2 N–H and O–H groups in total. The standard InChI is InChI=1S/C13H20N2O2.ClH/c1-10-5-4-6-11(7-10)15(2)13(16)8-12(9-14)17-3;/h4-7,12H,8-9,14H2,1-3H3;1H. The van der Waals surface area contributed by atoms with E-state index in [-0.39, 0.29) is 24.4 Å². The topological polar surface area (TPSA) is 55.6 Å². The number of rotatable bonds is 5. The predicted octanol–water partition coefficient (Wildman–Crippen LogP) is 1.74. The van der Waals surface area contributed by atoms with E-state index in [4.69, 9.17) is 10.5 Å². The average molecular weight is 273 g/mol. The van der Waals surface area contributed by atoms with Gasteiger partial charge < -0.3 is 15.4 Å². The molecule has 18 heavy (non-hydrogen) atoms. The second-order valence-corrected chi connectivity index (χ2v) is 4.09. The molecule has 0 aliphatic heterocycles. The normalized spacial score (nSPS) is 11.6. The van der Waals surface area contributed by atoms with E-state index in [0.29, 0.717) is 13.0 Å². The third kappa shape index (κ3) is 4.64. The van der Waals surface area contributed by atoms with Crippen LogP contribution in [0.15, 0.2) is 24.3 Å². The fourth-order valence-electron chi connectivity index (χ4n) is 1.58. The Labute approximate surface area is 115 Å². The van der Waals surface area contributed by atoms with Crippen LogP contribution in [0.5, 0.6) is 0 Å². The van der Waals surface area contributed by atoms with E-state index in [1.54, 1.807) is 19.1 Å². The van der Waals surface area contributed by atoms with Gasteiger partial charge in [-0.25, -0.2) is 0 Å². The maximum Gasteiger partial charge on any atom is 0.229 e. The largest absolute Gasteiger partial charge is 0.380 e. The molecule has 1 unspecified atom stereocenters. The quantitative estimate of drug-likeness (QED) is 0.888. The van der Waals surface area contributed by atoms with Crippen LogP contribution in [-0.4, -0.2) is 32.7 Å². The first-order chi connectivity index (χ1) is 8.08. The fraction of sp³-hybridized carbons (Fsp3) is 0.462. The van der Waals surface area contributed by atoms with Crippen molar-refractivity contribution in [1.82, 2.24) is 0 Å². The van der Waals surface area contributed by atoms with Gasteiger partial charge in [0.1, 0.15) is 0 Å². The number of ether oxygens (including phenoxy) is 1. The molecule has 1 rings (SSSR count). The average Bonchev–Trinajstić information content (AvgIpc) is 2.34. The van der Waals surface area contributed by atoms with E-state index in [9.17, 15) is 4.79 Å². The highest BCUT2D eigenvalue weighted by Crippen LogP contribution is 2.15. The first-order valence-corrected chi connectivity index (χ1v) is 5.64. The minimum absolute atomic E-state index is 0. The molecule has 0 spiro atoms. The minimum atomic E-state index is -0.213. The zero-order chi connectivity index (χ0) is 12.8. The van der Waals surface area contributed by atoms with Crippen molar-refractivity contribution in [2.75, 3.05) is 25.6 Å². The Balaban J connectivity index is 0.00000289. The van der Waals surface area contributed by atoms with Crippen molar-refractivity contribution < 1.29 is 9.53 Å². The van der Waals surface area contributed by atoms with Gasteiger partial charge in [-0.1, -0.05) is 12.1 Å². The predicted molar refractivity (Wildman–Crippen MR) is 76.3 cm³/mol. The highest BCUT2D eigenvalue weighted by atomic mass is 35.5. The highest BCUT2D eigenvalue weighted by Gasteiger charge is 2.16. The van der Waals surface area contributed by atoms with Crippen molar-refractivity contribution >= 4 is 24.0 Å². The summed E-state index contributed by atoms with van der Waals surface area (Å²) in [4.78, 5) is 13.6. The Morgan fingerprint density at radius 1 is 1.50 bits per heavy atom. The Bertz CT molecular complexity index is 381. The lowest BCUT2D eigenvalue weighted by molar-refractivity contribution is -0.120. The first kappa shape index (κ1) is 16.9. The molecule has 0 saturated heterocycles. The lowest BCUT2D eigenvalue weighted by atomic mass is 10.2. The number of hydrogen-bond acceptors (Lipinski definition) is 3. The summed E-state index contributed by atoms with van der Waals surface area (Å²) in [5, 5.41) is 0. The van der Waals surface area contributed by atoms with Crippen LogP contribution in [0.25, 0.3) is 0 Å². The van der Waals surface area contributed by atoms with Crippen molar-refractivity contribution in [3.63, 3.8) is 0 Å². The number of nitrogens with zero attached hydrogens (tertiary/aromatic N) is 1. The molecule has 4 nitrogen and oxygen atoms in total. The van der Waals surface area contributed by atoms with Crippen LogP contribution in [0.4, 0.5) is 5.69 Å². The van der Waals surface area contributed by atoms with Gasteiger partial charge in [-0.3, -0.25) is 4.79 Å². The molecule has 1 amide bonds. The van der Waals surface area contributed by atoms with E-state index in [0.717, 1.165) is 11.3 Å². The van der Waals surface area contributed by atoms with E-state index in [2.05, 4.69) is 0 Å². The van der Waals surface area contributed by atoms with Gasteiger partial charge >= 0.3 is 0 Å². The first-order valence-electron chi connectivity index (χ1n) is 5.64. The lowest BCUT2D eigenvalue weighted by Gasteiger charge is -2.20. The highest BCUT2D eigenvalue weighted by molar-refractivity contribution is 5.93. The Kier molecular flexibility index (Phi) is 7.59. The molecule has 1 aromatic rings.